The van der Waals surface area contributed by atoms with E-state index in [9.17, 15) is 9.59 Å². The van der Waals surface area contributed by atoms with Crippen LogP contribution in [0.15, 0.2) is 0 Å². The molecule has 4 nitrogen and oxygen atoms in total. The number of rotatable bonds is 0. The maximum atomic E-state index is 9.73. The molecule has 4 heteroatoms. The lowest BCUT2D eigenvalue weighted by molar-refractivity contribution is -0.134. The van der Waals surface area contributed by atoms with Gasteiger partial charge < -0.3 is 10.5 Å². The molecule has 0 atom stereocenters. The van der Waals surface area contributed by atoms with Crippen molar-refractivity contribution < 1.29 is 15.8 Å². The van der Waals surface area contributed by atoms with E-state index in [2.05, 4.69) is 10.5 Å². The summed E-state index contributed by atoms with van der Waals surface area (Å²) in [6.45, 7) is 1.10. The molecule has 0 heterocycles. The zero-order chi connectivity index (χ0) is 5.86. The van der Waals surface area contributed by atoms with E-state index >= 15 is 0 Å². The number of esters is 1. The highest BCUT2D eigenvalue weighted by Crippen LogP contribution is 1.70. The summed E-state index contributed by atoms with van der Waals surface area (Å²) in [6.07, 6.45) is -1.06. The van der Waals surface area contributed by atoms with Gasteiger partial charge in [-0.1, -0.05) is 0 Å². The molecule has 40 valence electrons. The molecule has 0 aromatic carbocycles. The molecular weight excluding hydrogens is 98.0 g/mol. The van der Waals surface area contributed by atoms with E-state index in [4.69, 9.17) is 0 Å². The lowest BCUT2D eigenvalue weighted by atomic mass is 10.8. The topological polar surface area (TPSA) is 69.4 Å². The molecule has 0 saturated carbocycles. The first-order valence-electron chi connectivity index (χ1n) is 1.61. The number of nitrogens with two attached hydrogens (primary N) is 1. The van der Waals surface area contributed by atoms with Crippen molar-refractivity contribution in [1.29, 1.82) is 0 Å². The van der Waals surface area contributed by atoms with Crippen molar-refractivity contribution in [3.63, 3.8) is 0 Å². The van der Waals surface area contributed by atoms with Crippen molar-refractivity contribution in [2.45, 2.75) is 6.92 Å². The lowest BCUT2D eigenvalue weighted by Crippen LogP contribution is -2.15. The van der Waals surface area contributed by atoms with Crippen molar-refractivity contribution in [1.82, 2.24) is 0 Å². The number of carbonyl (C=O) groups is 2. The van der Waals surface area contributed by atoms with Crippen molar-refractivity contribution in [3.05, 3.63) is 0 Å². The average Bonchev–Trinajstić information content (AvgIpc) is 1.27. The molecule has 0 radical (unpaired) electrons. The largest absolute Gasteiger partial charge is 1.00 e. The maximum absolute atomic E-state index is 9.73. The summed E-state index contributed by atoms with van der Waals surface area (Å²) in [5.74, 6) is -0.687. The Morgan fingerprint density at radius 3 is 2.14 bits per heavy atom. The summed E-state index contributed by atoms with van der Waals surface area (Å²) < 4.78 is 3.75. The van der Waals surface area contributed by atoms with Crippen LogP contribution < -0.4 is 5.73 Å². The van der Waals surface area contributed by atoms with Gasteiger partial charge in [-0.3, -0.25) is 4.79 Å². The van der Waals surface area contributed by atoms with E-state index in [0.717, 1.165) is 6.92 Å². The summed E-state index contributed by atoms with van der Waals surface area (Å²) in [7, 11) is 0. The Labute approximate surface area is 41.7 Å². The third kappa shape index (κ3) is 4.94. The standard InChI is InChI=1S/C3H5NO3/c1-2(5)7-3(4)6/h1H3,(H2,4,6)/p+1. The molecule has 0 unspecified atom stereocenters. The monoisotopic (exact) mass is 104 g/mol. The second-order valence-electron chi connectivity index (χ2n) is 0.913. The smallest absolute Gasteiger partial charge is 0.377 e. The second kappa shape index (κ2) is 2.17. The predicted octanol–water partition coefficient (Wildman–Crippen LogP) is -0.259. The molecule has 0 aliphatic rings. The summed E-state index contributed by atoms with van der Waals surface area (Å²) in [6, 6.07) is 0. The number of primary amides is 1. The van der Waals surface area contributed by atoms with Crippen LogP contribution >= 0.6 is 0 Å². The Kier molecular flexibility index (Phi) is 1.84. The maximum Gasteiger partial charge on any atom is 1.00 e. The van der Waals surface area contributed by atoms with Crippen LogP contribution in [0.5, 0.6) is 0 Å². The van der Waals surface area contributed by atoms with Crippen LogP contribution in [0.3, 0.4) is 0 Å². The summed E-state index contributed by atoms with van der Waals surface area (Å²) in [4.78, 5) is 19.3. The van der Waals surface area contributed by atoms with Gasteiger partial charge in [0.05, 0.1) is 0 Å². The molecule has 7 heavy (non-hydrogen) atoms. The molecule has 0 saturated heterocycles. The fourth-order valence-corrected chi connectivity index (χ4v) is 0.142. The van der Waals surface area contributed by atoms with E-state index < -0.39 is 12.1 Å². The lowest BCUT2D eigenvalue weighted by Gasteiger charge is -1.87. The SMILES string of the molecule is CC(=O)OC(N)=O.[H+]. The molecule has 0 fully saturated rings. The first-order valence-corrected chi connectivity index (χ1v) is 1.61. The molecule has 0 aliphatic carbocycles. The Morgan fingerprint density at radius 1 is 1.71 bits per heavy atom. The first-order chi connectivity index (χ1) is 3.13. The highest BCUT2D eigenvalue weighted by Gasteiger charge is 1.94. The van der Waals surface area contributed by atoms with Gasteiger partial charge in [-0.25, -0.2) is 4.79 Å². The van der Waals surface area contributed by atoms with Gasteiger partial charge in [-0.2, -0.15) is 0 Å². The fourth-order valence-electron chi connectivity index (χ4n) is 0.142. The minimum atomic E-state index is -1.06. The third-order valence-corrected chi connectivity index (χ3v) is 0.244. The van der Waals surface area contributed by atoms with Crippen LogP contribution in [-0.2, 0) is 9.53 Å². The van der Waals surface area contributed by atoms with Crippen LogP contribution in [0.25, 0.3) is 0 Å². The van der Waals surface area contributed by atoms with Gasteiger partial charge in [0.2, 0.25) is 0 Å². The number of ether oxygens (including phenoxy) is 1. The minimum absolute atomic E-state index is 0. The number of hydrogen-bond acceptors (Lipinski definition) is 3. The van der Waals surface area contributed by atoms with Crippen molar-refractivity contribution in [2.75, 3.05) is 0 Å². The summed E-state index contributed by atoms with van der Waals surface area (Å²) in [5, 5.41) is 0. The Hall–Kier alpha value is -1.06. The van der Waals surface area contributed by atoms with Gasteiger partial charge in [0.15, 0.2) is 0 Å². The van der Waals surface area contributed by atoms with Crippen LogP contribution in [0.2, 0.25) is 0 Å². The molecule has 1 amide bonds. The van der Waals surface area contributed by atoms with Crippen LogP contribution in [-0.4, -0.2) is 12.1 Å². The van der Waals surface area contributed by atoms with E-state index in [0.29, 0.717) is 0 Å². The van der Waals surface area contributed by atoms with Gasteiger partial charge in [-0.05, 0) is 0 Å². The normalized spacial score (nSPS) is 7.57. The number of amides is 1. The van der Waals surface area contributed by atoms with Crippen molar-refractivity contribution >= 4 is 12.1 Å². The fraction of sp³-hybridized carbons (Fsp3) is 0.333. The van der Waals surface area contributed by atoms with Gasteiger partial charge >= 0.3 is 13.5 Å². The van der Waals surface area contributed by atoms with Crippen LogP contribution in [0.1, 0.15) is 8.35 Å². The molecule has 0 aromatic heterocycles. The molecule has 2 N–H and O–H groups in total. The quantitative estimate of drug-likeness (QED) is 0.340. The van der Waals surface area contributed by atoms with Gasteiger partial charge in [0, 0.05) is 6.92 Å². The Bertz CT molecular complexity index is 90.7. The van der Waals surface area contributed by atoms with E-state index in [-0.39, 0.29) is 1.43 Å². The summed E-state index contributed by atoms with van der Waals surface area (Å²) in [5.41, 5.74) is 4.41. The summed E-state index contributed by atoms with van der Waals surface area (Å²) >= 11 is 0. The van der Waals surface area contributed by atoms with E-state index in [1.54, 1.807) is 0 Å². The van der Waals surface area contributed by atoms with Crippen molar-refractivity contribution in [2.24, 2.45) is 5.73 Å². The molecule has 0 rings (SSSR count). The molecular formula is C3H6NO3+. The third-order valence-electron chi connectivity index (χ3n) is 0.244. The van der Waals surface area contributed by atoms with Crippen molar-refractivity contribution in [3.8, 4) is 0 Å². The average molecular weight is 104 g/mol. The first kappa shape index (κ1) is 5.94. The molecule has 0 bridgehead atoms. The van der Waals surface area contributed by atoms with E-state index in [1.807, 2.05) is 0 Å². The van der Waals surface area contributed by atoms with Crippen LogP contribution in [0, 0.1) is 0 Å². The molecule has 0 aliphatic heterocycles. The van der Waals surface area contributed by atoms with Crippen LogP contribution in [0.4, 0.5) is 4.79 Å². The molecule has 0 spiro atoms. The number of hydrogen-bond donors (Lipinski definition) is 1. The van der Waals surface area contributed by atoms with Gasteiger partial charge in [-0.15, -0.1) is 0 Å². The van der Waals surface area contributed by atoms with Gasteiger partial charge in [0.25, 0.3) is 0 Å². The predicted molar refractivity (Wildman–Crippen MR) is 22.5 cm³/mol. The van der Waals surface area contributed by atoms with Gasteiger partial charge in [0.1, 0.15) is 0 Å². The number of carbonyl (C=O) groups excluding carboxylic acids is 2. The Balaban J connectivity index is 0. The molecule has 0 aromatic rings. The minimum Gasteiger partial charge on any atom is -0.377 e. The highest BCUT2D eigenvalue weighted by molar-refractivity contribution is 5.81. The zero-order valence-electron chi connectivity index (χ0n) is 4.80. The zero-order valence-corrected chi connectivity index (χ0v) is 3.80. The second-order valence-corrected chi connectivity index (χ2v) is 0.913. The Morgan fingerprint density at radius 2 is 2.14 bits per heavy atom. The highest BCUT2D eigenvalue weighted by atomic mass is 16.6. The van der Waals surface area contributed by atoms with E-state index in [1.165, 1.54) is 0 Å².